The van der Waals surface area contributed by atoms with Crippen LogP contribution in [0, 0.1) is 5.92 Å². The first-order valence-electron chi connectivity index (χ1n) is 5.94. The lowest BCUT2D eigenvalue weighted by molar-refractivity contribution is -0.144. The SMILES string of the molecule is CC(C)(C)OC(=O)N[C@H]1C[C@H](C(=O)O)CCC1=O. The van der Waals surface area contributed by atoms with Gasteiger partial charge in [-0.25, -0.2) is 4.79 Å². The number of carboxylic acid groups (broad SMARTS) is 1. The molecule has 0 radical (unpaired) electrons. The molecule has 2 N–H and O–H groups in total. The van der Waals surface area contributed by atoms with Crippen molar-refractivity contribution in [2.75, 3.05) is 0 Å². The predicted octanol–water partition coefficient (Wildman–Crippen LogP) is 1.33. The number of ketones is 1. The van der Waals surface area contributed by atoms with Gasteiger partial charge in [0.2, 0.25) is 0 Å². The molecule has 0 heterocycles. The Morgan fingerprint density at radius 2 is 2.00 bits per heavy atom. The Bertz CT molecular complexity index is 358. The molecule has 0 bridgehead atoms. The van der Waals surface area contributed by atoms with E-state index in [1.165, 1.54) is 0 Å². The summed E-state index contributed by atoms with van der Waals surface area (Å²) < 4.78 is 5.03. The van der Waals surface area contributed by atoms with Crippen LogP contribution >= 0.6 is 0 Å². The van der Waals surface area contributed by atoms with Gasteiger partial charge in [0.1, 0.15) is 5.60 Å². The maximum Gasteiger partial charge on any atom is 0.408 e. The van der Waals surface area contributed by atoms with Crippen LogP contribution in [0.15, 0.2) is 0 Å². The lowest BCUT2D eigenvalue weighted by Crippen LogP contribution is -2.47. The van der Waals surface area contributed by atoms with Gasteiger partial charge in [0.15, 0.2) is 5.78 Å². The van der Waals surface area contributed by atoms with Gasteiger partial charge < -0.3 is 15.2 Å². The van der Waals surface area contributed by atoms with E-state index in [1.54, 1.807) is 20.8 Å². The Labute approximate surface area is 106 Å². The number of hydrogen-bond donors (Lipinski definition) is 2. The lowest BCUT2D eigenvalue weighted by atomic mass is 9.85. The van der Waals surface area contributed by atoms with Crippen LogP contribution in [0.1, 0.15) is 40.0 Å². The minimum absolute atomic E-state index is 0.132. The van der Waals surface area contributed by atoms with E-state index in [4.69, 9.17) is 9.84 Å². The third kappa shape index (κ3) is 4.35. The molecule has 0 spiro atoms. The molecule has 0 saturated heterocycles. The monoisotopic (exact) mass is 257 g/mol. The second-order valence-corrected chi connectivity index (χ2v) is 5.47. The first-order valence-corrected chi connectivity index (χ1v) is 5.94. The van der Waals surface area contributed by atoms with E-state index in [2.05, 4.69) is 5.32 Å². The van der Waals surface area contributed by atoms with E-state index in [1.807, 2.05) is 0 Å². The van der Waals surface area contributed by atoms with Gasteiger partial charge in [-0.3, -0.25) is 9.59 Å². The van der Waals surface area contributed by atoms with Crippen molar-refractivity contribution in [2.24, 2.45) is 5.92 Å². The van der Waals surface area contributed by atoms with E-state index in [0.29, 0.717) is 6.42 Å². The number of rotatable bonds is 2. The highest BCUT2D eigenvalue weighted by molar-refractivity contribution is 5.89. The zero-order chi connectivity index (χ0) is 13.9. The van der Waals surface area contributed by atoms with Crippen LogP contribution in [-0.4, -0.2) is 34.6 Å². The average molecular weight is 257 g/mol. The van der Waals surface area contributed by atoms with Crippen LogP contribution < -0.4 is 5.32 Å². The van der Waals surface area contributed by atoms with Crippen LogP contribution in [-0.2, 0) is 14.3 Å². The number of Topliss-reactive ketones (excluding diaryl/α,β-unsaturated/α-hetero) is 1. The molecular weight excluding hydrogens is 238 g/mol. The fraction of sp³-hybridized carbons (Fsp3) is 0.750. The molecule has 102 valence electrons. The average Bonchev–Trinajstić information content (AvgIpc) is 2.18. The maximum absolute atomic E-state index is 11.6. The number of alkyl carbamates (subject to hydrolysis) is 1. The van der Waals surface area contributed by atoms with Gasteiger partial charge in [0, 0.05) is 6.42 Å². The fourth-order valence-electron chi connectivity index (χ4n) is 1.84. The predicted molar refractivity (Wildman–Crippen MR) is 63.1 cm³/mol. The highest BCUT2D eigenvalue weighted by Crippen LogP contribution is 2.22. The molecule has 0 aromatic carbocycles. The summed E-state index contributed by atoms with van der Waals surface area (Å²) >= 11 is 0. The molecule has 1 aliphatic carbocycles. The van der Waals surface area contributed by atoms with E-state index >= 15 is 0 Å². The van der Waals surface area contributed by atoms with Crippen LogP contribution in [0.2, 0.25) is 0 Å². The molecule has 2 atom stereocenters. The van der Waals surface area contributed by atoms with Crippen molar-refractivity contribution in [1.29, 1.82) is 0 Å². The smallest absolute Gasteiger partial charge is 0.408 e. The quantitative estimate of drug-likeness (QED) is 0.778. The first-order chi connectivity index (χ1) is 8.19. The third-order valence-corrected chi connectivity index (χ3v) is 2.69. The zero-order valence-electron chi connectivity index (χ0n) is 10.9. The summed E-state index contributed by atoms with van der Waals surface area (Å²) in [5.74, 6) is -1.65. The van der Waals surface area contributed by atoms with E-state index in [9.17, 15) is 14.4 Å². The summed E-state index contributed by atoms with van der Waals surface area (Å²) in [6, 6.07) is -0.755. The van der Waals surface area contributed by atoms with Gasteiger partial charge in [0.25, 0.3) is 0 Å². The summed E-state index contributed by atoms with van der Waals surface area (Å²) in [6.07, 6.45) is -0.0437. The second-order valence-electron chi connectivity index (χ2n) is 5.47. The Kier molecular flexibility index (Phi) is 4.32. The molecule has 1 saturated carbocycles. The van der Waals surface area contributed by atoms with Gasteiger partial charge in [-0.2, -0.15) is 0 Å². The summed E-state index contributed by atoms with van der Waals surface area (Å²) in [6.45, 7) is 5.15. The van der Waals surface area contributed by atoms with Crippen molar-refractivity contribution >= 4 is 17.8 Å². The highest BCUT2D eigenvalue weighted by atomic mass is 16.6. The number of nitrogens with one attached hydrogen (secondary N) is 1. The number of carbonyl (C=O) groups is 3. The molecule has 0 aromatic rings. The molecule has 1 fully saturated rings. The third-order valence-electron chi connectivity index (χ3n) is 2.69. The van der Waals surface area contributed by atoms with Crippen LogP contribution in [0.5, 0.6) is 0 Å². The first kappa shape index (κ1) is 14.5. The molecule has 18 heavy (non-hydrogen) atoms. The summed E-state index contributed by atoms with van der Waals surface area (Å²) in [7, 11) is 0. The summed E-state index contributed by atoms with van der Waals surface area (Å²) in [4.78, 5) is 34.0. The number of hydrogen-bond acceptors (Lipinski definition) is 4. The summed E-state index contributed by atoms with van der Waals surface area (Å²) in [5.41, 5.74) is -0.645. The van der Waals surface area contributed by atoms with Crippen LogP contribution in [0.25, 0.3) is 0 Å². The second kappa shape index (κ2) is 5.37. The van der Waals surface area contributed by atoms with Crippen molar-refractivity contribution in [2.45, 2.75) is 51.7 Å². The number of aliphatic carboxylic acids is 1. The number of ether oxygens (including phenoxy) is 1. The molecule has 0 unspecified atom stereocenters. The molecule has 6 nitrogen and oxygen atoms in total. The van der Waals surface area contributed by atoms with Crippen molar-refractivity contribution in [3.8, 4) is 0 Å². The Balaban J connectivity index is 2.56. The fourth-order valence-corrected chi connectivity index (χ4v) is 1.84. The zero-order valence-corrected chi connectivity index (χ0v) is 10.9. The largest absolute Gasteiger partial charge is 0.481 e. The summed E-state index contributed by atoms with van der Waals surface area (Å²) in [5, 5.41) is 11.3. The minimum atomic E-state index is -0.932. The van der Waals surface area contributed by atoms with Gasteiger partial charge in [-0.15, -0.1) is 0 Å². The molecule has 1 rings (SSSR count). The van der Waals surface area contributed by atoms with Crippen LogP contribution in [0.3, 0.4) is 0 Å². The van der Waals surface area contributed by atoms with Crippen molar-refractivity contribution in [3.63, 3.8) is 0 Å². The Morgan fingerprint density at radius 3 is 2.50 bits per heavy atom. The van der Waals surface area contributed by atoms with Gasteiger partial charge in [-0.1, -0.05) is 0 Å². The van der Waals surface area contributed by atoms with E-state index < -0.39 is 29.6 Å². The molecular formula is C12H19NO5. The lowest BCUT2D eigenvalue weighted by Gasteiger charge is -2.27. The molecule has 1 aliphatic rings. The van der Waals surface area contributed by atoms with Gasteiger partial charge >= 0.3 is 12.1 Å². The van der Waals surface area contributed by atoms with E-state index in [-0.39, 0.29) is 18.6 Å². The van der Waals surface area contributed by atoms with Gasteiger partial charge in [-0.05, 0) is 33.6 Å². The Hall–Kier alpha value is -1.59. The topological polar surface area (TPSA) is 92.7 Å². The van der Waals surface area contributed by atoms with Crippen molar-refractivity contribution in [1.82, 2.24) is 5.32 Å². The number of carbonyl (C=O) groups excluding carboxylic acids is 2. The minimum Gasteiger partial charge on any atom is -0.481 e. The number of carboxylic acids is 1. The van der Waals surface area contributed by atoms with Crippen molar-refractivity contribution < 1.29 is 24.2 Å². The Morgan fingerprint density at radius 1 is 1.39 bits per heavy atom. The number of amides is 1. The van der Waals surface area contributed by atoms with Gasteiger partial charge in [0.05, 0.1) is 12.0 Å². The standard InChI is InChI=1S/C12H19NO5/c1-12(2,3)18-11(17)13-8-6-7(10(15)16)4-5-9(8)14/h7-8H,4-6H2,1-3H3,(H,13,17)(H,15,16)/t7-,8+/m1/s1. The van der Waals surface area contributed by atoms with Crippen molar-refractivity contribution in [3.05, 3.63) is 0 Å². The highest BCUT2D eigenvalue weighted by Gasteiger charge is 2.34. The molecule has 1 amide bonds. The molecule has 0 aliphatic heterocycles. The van der Waals surface area contributed by atoms with E-state index in [0.717, 1.165) is 0 Å². The molecule has 0 aromatic heterocycles. The normalized spacial score (nSPS) is 24.5. The van der Waals surface area contributed by atoms with Crippen LogP contribution in [0.4, 0.5) is 4.79 Å². The maximum atomic E-state index is 11.6. The molecule has 6 heteroatoms.